The van der Waals surface area contributed by atoms with Gasteiger partial charge in [0.1, 0.15) is 17.5 Å². The molecule has 0 saturated carbocycles. The first-order valence-corrected chi connectivity index (χ1v) is 12.7. The van der Waals surface area contributed by atoms with Gasteiger partial charge in [0.25, 0.3) is 5.91 Å². The molecule has 0 bridgehead atoms. The molecule has 0 aromatic carbocycles. The second kappa shape index (κ2) is 11.1. The fraction of sp³-hybridized carbons (Fsp3) is 0.286. The Morgan fingerprint density at radius 1 is 1.30 bits per heavy atom. The number of aryl methyl sites for hydroxylation is 1. The molecular formula is C28H28FN9O2. The first kappa shape index (κ1) is 26.7. The molecule has 0 aliphatic heterocycles. The van der Waals surface area contributed by atoms with Gasteiger partial charge in [-0.25, -0.2) is 19.0 Å². The molecule has 0 radical (unpaired) electrons. The number of methoxy groups -OCH3 is 1. The Morgan fingerprint density at radius 2 is 2.15 bits per heavy atom. The molecule has 204 valence electrons. The molecule has 11 nitrogen and oxygen atoms in total. The zero-order valence-corrected chi connectivity index (χ0v) is 22.3. The van der Waals surface area contributed by atoms with Gasteiger partial charge in [0.05, 0.1) is 29.7 Å². The Morgan fingerprint density at radius 3 is 2.75 bits per heavy atom. The van der Waals surface area contributed by atoms with Gasteiger partial charge in [-0.2, -0.15) is 15.5 Å². The molecule has 12 heteroatoms. The zero-order chi connectivity index (χ0) is 28.3. The maximum absolute atomic E-state index is 13.4. The minimum absolute atomic E-state index is 0.222. The highest BCUT2D eigenvalue weighted by Crippen LogP contribution is 2.36. The van der Waals surface area contributed by atoms with Crippen LogP contribution in [-0.2, 0) is 9.53 Å². The smallest absolute Gasteiger partial charge is 0.253 e. The molecule has 0 saturated heterocycles. The van der Waals surface area contributed by atoms with Crippen LogP contribution < -0.4 is 10.6 Å². The SMILES string of the molecule is COC1(C(=O)N[C@@H](C)c2ccc(-n3cc(F)cn3)nc2)CC=C(c2ccc(C#N)c(Nc3cc(C)[nH]n3)n2)CC1. The van der Waals surface area contributed by atoms with Crippen LogP contribution in [0, 0.1) is 24.1 Å². The first-order valence-electron chi connectivity index (χ1n) is 12.7. The Bertz CT molecular complexity index is 1600. The average molecular weight is 542 g/mol. The summed E-state index contributed by atoms with van der Waals surface area (Å²) in [6.07, 6.45) is 7.33. The van der Waals surface area contributed by atoms with E-state index in [1.165, 1.54) is 18.0 Å². The van der Waals surface area contributed by atoms with Gasteiger partial charge >= 0.3 is 0 Å². The zero-order valence-electron chi connectivity index (χ0n) is 22.3. The highest BCUT2D eigenvalue weighted by atomic mass is 19.1. The topological polar surface area (TPSA) is 146 Å². The number of carbonyl (C=O) groups is 1. The van der Waals surface area contributed by atoms with E-state index >= 15 is 0 Å². The average Bonchev–Trinajstić information content (AvgIpc) is 3.60. The number of allylic oxidation sites excluding steroid dienone is 1. The molecule has 4 aromatic rings. The van der Waals surface area contributed by atoms with E-state index in [9.17, 15) is 14.4 Å². The molecule has 3 N–H and O–H groups in total. The van der Waals surface area contributed by atoms with Crippen molar-refractivity contribution in [3.63, 3.8) is 0 Å². The number of anilines is 2. The number of hydrogen-bond donors (Lipinski definition) is 3. The lowest BCUT2D eigenvalue weighted by Crippen LogP contribution is -2.49. The van der Waals surface area contributed by atoms with Gasteiger partial charge in [-0.15, -0.1) is 0 Å². The normalized spacial score (nSPS) is 17.5. The predicted octanol–water partition coefficient (Wildman–Crippen LogP) is 4.28. The Labute approximate surface area is 230 Å². The summed E-state index contributed by atoms with van der Waals surface area (Å²) in [6.45, 7) is 3.75. The van der Waals surface area contributed by atoms with Gasteiger partial charge in [-0.1, -0.05) is 12.1 Å². The molecule has 2 atom stereocenters. The fourth-order valence-electron chi connectivity index (χ4n) is 4.60. The van der Waals surface area contributed by atoms with Gasteiger partial charge < -0.3 is 15.4 Å². The van der Waals surface area contributed by atoms with Gasteiger partial charge in [-0.3, -0.25) is 9.89 Å². The van der Waals surface area contributed by atoms with Crippen molar-refractivity contribution in [3.05, 3.63) is 83.3 Å². The molecule has 40 heavy (non-hydrogen) atoms. The number of nitrogens with zero attached hydrogens (tertiary/aromatic N) is 6. The van der Waals surface area contributed by atoms with Crippen LogP contribution in [0.5, 0.6) is 0 Å². The summed E-state index contributed by atoms with van der Waals surface area (Å²) in [7, 11) is 1.54. The van der Waals surface area contributed by atoms with E-state index in [2.05, 4.69) is 42.0 Å². The van der Waals surface area contributed by atoms with Crippen molar-refractivity contribution >= 4 is 23.1 Å². The lowest BCUT2D eigenvalue weighted by Gasteiger charge is -2.34. The summed E-state index contributed by atoms with van der Waals surface area (Å²) in [5.74, 6) is 0.788. The Balaban J connectivity index is 1.28. The van der Waals surface area contributed by atoms with Gasteiger partial charge in [0.2, 0.25) is 0 Å². The third-order valence-electron chi connectivity index (χ3n) is 6.98. The van der Waals surface area contributed by atoms with Crippen LogP contribution in [0.15, 0.2) is 55.0 Å². The summed E-state index contributed by atoms with van der Waals surface area (Å²) in [5.41, 5.74) is 2.73. The molecule has 0 spiro atoms. The minimum atomic E-state index is -1.03. The van der Waals surface area contributed by atoms with E-state index < -0.39 is 11.4 Å². The van der Waals surface area contributed by atoms with Crippen molar-refractivity contribution in [3.8, 4) is 11.9 Å². The van der Waals surface area contributed by atoms with Gasteiger partial charge in [0.15, 0.2) is 17.5 Å². The van der Waals surface area contributed by atoms with E-state index in [0.717, 1.165) is 28.7 Å². The molecule has 1 amide bonds. The molecule has 0 fully saturated rings. The van der Waals surface area contributed by atoms with Gasteiger partial charge in [-0.05, 0) is 56.0 Å². The molecule has 1 aliphatic rings. The number of halogens is 1. The number of amides is 1. The molecular weight excluding hydrogens is 513 g/mol. The third kappa shape index (κ3) is 5.45. The molecule has 1 unspecified atom stereocenters. The number of nitrogens with one attached hydrogen (secondary N) is 3. The van der Waals surface area contributed by atoms with Crippen LogP contribution in [0.25, 0.3) is 11.4 Å². The number of rotatable bonds is 8. The predicted molar refractivity (Wildman–Crippen MR) is 145 cm³/mol. The lowest BCUT2D eigenvalue weighted by atomic mass is 9.83. The number of aromatic amines is 1. The summed E-state index contributed by atoms with van der Waals surface area (Å²) >= 11 is 0. The number of carbonyl (C=O) groups excluding carboxylic acids is 1. The number of H-pyrrole nitrogens is 1. The van der Waals surface area contributed by atoms with Crippen LogP contribution in [-0.4, -0.2) is 48.6 Å². The third-order valence-corrected chi connectivity index (χ3v) is 6.98. The van der Waals surface area contributed by atoms with Gasteiger partial charge in [0, 0.05) is 31.5 Å². The fourth-order valence-corrected chi connectivity index (χ4v) is 4.60. The minimum Gasteiger partial charge on any atom is -0.368 e. The lowest BCUT2D eigenvalue weighted by molar-refractivity contribution is -0.145. The maximum Gasteiger partial charge on any atom is 0.253 e. The van der Waals surface area contributed by atoms with Crippen molar-refractivity contribution in [2.45, 2.75) is 44.8 Å². The van der Waals surface area contributed by atoms with E-state index in [0.29, 0.717) is 42.3 Å². The first-order chi connectivity index (χ1) is 19.3. The highest BCUT2D eigenvalue weighted by molar-refractivity contribution is 5.87. The van der Waals surface area contributed by atoms with Crippen molar-refractivity contribution < 1.29 is 13.9 Å². The van der Waals surface area contributed by atoms with Crippen LogP contribution in [0.1, 0.15) is 54.7 Å². The van der Waals surface area contributed by atoms with E-state index in [1.54, 1.807) is 18.3 Å². The van der Waals surface area contributed by atoms with Crippen molar-refractivity contribution in [1.29, 1.82) is 5.26 Å². The molecule has 5 rings (SSSR count). The van der Waals surface area contributed by atoms with E-state index in [4.69, 9.17) is 4.74 Å². The standard InChI is InChI=1S/C28H28FN9O2/c1-17-12-24(37-36-17)35-26-20(13-30)4-6-23(34-26)19-8-10-28(40-3,11-9-19)27(39)33-18(2)21-5-7-25(31-14-21)38-16-22(29)15-32-38/h4-8,12,14-16,18H,9-11H2,1-3H3,(H,33,39)(H2,34,35,36,37)/t18-,28?/m0/s1. The Kier molecular flexibility index (Phi) is 7.39. The van der Waals surface area contributed by atoms with Crippen molar-refractivity contribution in [2.24, 2.45) is 0 Å². The Hall–Kier alpha value is -4.89. The van der Waals surface area contributed by atoms with E-state index in [1.807, 2.05) is 38.1 Å². The number of nitriles is 1. The van der Waals surface area contributed by atoms with Crippen LogP contribution in [0.2, 0.25) is 0 Å². The molecule has 4 aromatic heterocycles. The molecule has 4 heterocycles. The quantitative estimate of drug-likeness (QED) is 0.300. The summed E-state index contributed by atoms with van der Waals surface area (Å²) < 4.78 is 20.4. The van der Waals surface area contributed by atoms with E-state index in [-0.39, 0.29) is 11.9 Å². The number of ether oxygens (including phenoxy) is 1. The number of pyridine rings is 2. The summed E-state index contributed by atoms with van der Waals surface area (Å²) in [5, 5.41) is 26.6. The van der Waals surface area contributed by atoms with Crippen molar-refractivity contribution in [1.82, 2.24) is 35.3 Å². The number of aromatic nitrogens is 6. The largest absolute Gasteiger partial charge is 0.368 e. The maximum atomic E-state index is 13.4. The molecule has 1 aliphatic carbocycles. The van der Waals surface area contributed by atoms with Crippen LogP contribution >= 0.6 is 0 Å². The summed E-state index contributed by atoms with van der Waals surface area (Å²) in [6, 6.07) is 10.7. The van der Waals surface area contributed by atoms with Crippen molar-refractivity contribution in [2.75, 3.05) is 12.4 Å². The van der Waals surface area contributed by atoms with Crippen LogP contribution in [0.4, 0.5) is 16.0 Å². The summed E-state index contributed by atoms with van der Waals surface area (Å²) in [4.78, 5) is 22.4. The monoisotopic (exact) mass is 541 g/mol. The highest BCUT2D eigenvalue weighted by Gasteiger charge is 2.40. The second-order valence-electron chi connectivity index (χ2n) is 9.65. The van der Waals surface area contributed by atoms with Crippen LogP contribution in [0.3, 0.4) is 0 Å². The number of hydrogen-bond acceptors (Lipinski definition) is 8. The second-order valence-corrected chi connectivity index (χ2v) is 9.65.